The zero-order valence-electron chi connectivity index (χ0n) is 17.8. The fourth-order valence-electron chi connectivity index (χ4n) is 3.70. The number of amides is 1. The van der Waals surface area contributed by atoms with Crippen LogP contribution >= 0.6 is 46.4 Å². The molecule has 2 aromatic carbocycles. The van der Waals surface area contributed by atoms with Crippen molar-refractivity contribution in [3.05, 3.63) is 73.9 Å². The maximum absolute atomic E-state index is 13.1. The highest BCUT2D eigenvalue weighted by molar-refractivity contribution is 7.89. The maximum Gasteiger partial charge on any atom is 0.257 e. The van der Waals surface area contributed by atoms with Gasteiger partial charge in [-0.1, -0.05) is 58.9 Å². The average molecular weight is 562 g/mol. The molecule has 1 N–H and O–H groups in total. The smallest absolute Gasteiger partial charge is 0.257 e. The topological polar surface area (TPSA) is 84.3 Å². The largest absolute Gasteiger partial charge is 0.319 e. The van der Waals surface area contributed by atoms with E-state index in [1.165, 1.54) is 22.6 Å². The highest BCUT2D eigenvalue weighted by atomic mass is 35.5. The van der Waals surface area contributed by atoms with E-state index in [4.69, 9.17) is 46.4 Å². The molecule has 0 atom stereocenters. The Kier molecular flexibility index (Phi) is 7.76. The molecule has 1 amide bonds. The van der Waals surface area contributed by atoms with Gasteiger partial charge in [-0.25, -0.2) is 8.42 Å². The standard InChI is InChI=1S/C22H20Cl4N4O3S/c23-17-5-4-6-18(24)16(17)13-29-12-14(11-27-29)28-22(31)15-9-21(20(26)10-19(15)25)34(32,33)30-7-2-1-3-8-30/h4-6,9-12H,1-3,7-8,13H2,(H,28,31). The molecule has 1 saturated heterocycles. The van der Waals surface area contributed by atoms with E-state index < -0.39 is 15.9 Å². The lowest BCUT2D eigenvalue weighted by Crippen LogP contribution is -2.35. The van der Waals surface area contributed by atoms with Gasteiger partial charge >= 0.3 is 0 Å². The van der Waals surface area contributed by atoms with Crippen LogP contribution < -0.4 is 5.32 Å². The van der Waals surface area contributed by atoms with Gasteiger partial charge in [-0.05, 0) is 37.1 Å². The van der Waals surface area contributed by atoms with Crippen LogP contribution in [-0.2, 0) is 16.6 Å². The first-order valence-corrected chi connectivity index (χ1v) is 13.4. The van der Waals surface area contributed by atoms with Crippen LogP contribution in [0.15, 0.2) is 47.6 Å². The van der Waals surface area contributed by atoms with Gasteiger partial charge in [0.15, 0.2) is 0 Å². The van der Waals surface area contributed by atoms with Crippen LogP contribution in [0.1, 0.15) is 35.2 Å². The highest BCUT2D eigenvalue weighted by Gasteiger charge is 2.30. The summed E-state index contributed by atoms with van der Waals surface area (Å²) in [6, 6.07) is 7.70. The fourth-order valence-corrected chi connectivity index (χ4v) is 6.57. The predicted molar refractivity (Wildman–Crippen MR) is 135 cm³/mol. The third-order valence-electron chi connectivity index (χ3n) is 5.47. The van der Waals surface area contributed by atoms with Gasteiger partial charge < -0.3 is 5.32 Å². The Labute approximate surface area is 217 Å². The van der Waals surface area contributed by atoms with Crippen molar-refractivity contribution in [3.63, 3.8) is 0 Å². The van der Waals surface area contributed by atoms with Crippen molar-refractivity contribution >= 4 is 68.0 Å². The molecule has 1 aliphatic heterocycles. The van der Waals surface area contributed by atoms with E-state index in [1.54, 1.807) is 29.1 Å². The van der Waals surface area contributed by atoms with E-state index in [2.05, 4.69) is 10.4 Å². The number of hydrogen-bond acceptors (Lipinski definition) is 4. The highest BCUT2D eigenvalue weighted by Crippen LogP contribution is 2.32. The maximum atomic E-state index is 13.1. The number of benzene rings is 2. The second-order valence-electron chi connectivity index (χ2n) is 7.81. The second kappa shape index (κ2) is 10.4. The Morgan fingerprint density at radius 1 is 0.971 bits per heavy atom. The van der Waals surface area contributed by atoms with Gasteiger partial charge in [0.1, 0.15) is 4.90 Å². The minimum absolute atomic E-state index is 0.0106. The van der Waals surface area contributed by atoms with Gasteiger partial charge in [-0.15, -0.1) is 0 Å². The first kappa shape index (κ1) is 25.3. The van der Waals surface area contributed by atoms with Crippen LogP contribution in [0.2, 0.25) is 20.1 Å². The third-order valence-corrected chi connectivity index (χ3v) is 8.86. The molecule has 0 bridgehead atoms. The number of hydrogen-bond donors (Lipinski definition) is 1. The number of anilines is 1. The van der Waals surface area contributed by atoms with Crippen molar-refractivity contribution in [1.82, 2.24) is 14.1 Å². The van der Waals surface area contributed by atoms with Crippen molar-refractivity contribution < 1.29 is 13.2 Å². The van der Waals surface area contributed by atoms with Crippen molar-refractivity contribution in [2.24, 2.45) is 0 Å². The molecule has 1 fully saturated rings. The van der Waals surface area contributed by atoms with Crippen LogP contribution in [0.3, 0.4) is 0 Å². The molecule has 180 valence electrons. The molecule has 2 heterocycles. The molecule has 1 aliphatic rings. The van der Waals surface area contributed by atoms with Gasteiger partial charge in [-0.3, -0.25) is 9.48 Å². The Balaban J connectivity index is 1.55. The second-order valence-corrected chi connectivity index (χ2v) is 11.3. The Hall–Kier alpha value is -1.81. The zero-order valence-corrected chi connectivity index (χ0v) is 21.6. The summed E-state index contributed by atoms with van der Waals surface area (Å²) in [4.78, 5) is 12.8. The number of halogens is 4. The first-order valence-electron chi connectivity index (χ1n) is 10.4. The predicted octanol–water partition coefficient (Wildman–Crippen LogP) is 5.97. The van der Waals surface area contributed by atoms with Gasteiger partial charge in [0.05, 0.1) is 34.0 Å². The van der Waals surface area contributed by atoms with Crippen molar-refractivity contribution in [2.75, 3.05) is 18.4 Å². The van der Waals surface area contributed by atoms with Crippen LogP contribution in [0.4, 0.5) is 5.69 Å². The number of sulfonamides is 1. The summed E-state index contributed by atoms with van der Waals surface area (Å²) >= 11 is 24.9. The molecule has 12 heteroatoms. The number of carbonyl (C=O) groups excluding carboxylic acids is 1. The molecular weight excluding hydrogens is 542 g/mol. The SMILES string of the molecule is O=C(Nc1cnn(Cc2c(Cl)cccc2Cl)c1)c1cc(S(=O)(=O)N2CCCCC2)c(Cl)cc1Cl. The summed E-state index contributed by atoms with van der Waals surface area (Å²) in [5.41, 5.74) is 1.07. The van der Waals surface area contributed by atoms with Crippen LogP contribution in [0, 0.1) is 0 Å². The molecule has 7 nitrogen and oxygen atoms in total. The van der Waals surface area contributed by atoms with Crippen LogP contribution in [-0.4, -0.2) is 41.5 Å². The number of nitrogens with one attached hydrogen (secondary N) is 1. The van der Waals surface area contributed by atoms with Crippen LogP contribution in [0.25, 0.3) is 0 Å². The molecule has 0 saturated carbocycles. The Bertz CT molecular complexity index is 1320. The molecular formula is C22H20Cl4N4O3S. The lowest BCUT2D eigenvalue weighted by atomic mass is 10.2. The number of rotatable bonds is 6. The number of piperidine rings is 1. The summed E-state index contributed by atoms with van der Waals surface area (Å²) in [6.45, 7) is 1.13. The molecule has 0 aliphatic carbocycles. The Morgan fingerprint density at radius 3 is 2.32 bits per heavy atom. The van der Waals surface area contributed by atoms with E-state index in [0.29, 0.717) is 40.9 Å². The average Bonchev–Trinajstić information content (AvgIpc) is 3.23. The van der Waals surface area contributed by atoms with Gasteiger partial charge in [0.2, 0.25) is 10.0 Å². The lowest BCUT2D eigenvalue weighted by Gasteiger charge is -2.26. The number of aromatic nitrogens is 2. The van der Waals surface area contributed by atoms with E-state index in [-0.39, 0.29) is 20.5 Å². The van der Waals surface area contributed by atoms with Crippen molar-refractivity contribution in [3.8, 4) is 0 Å². The fraction of sp³-hybridized carbons (Fsp3) is 0.273. The van der Waals surface area contributed by atoms with Gasteiger partial charge in [-0.2, -0.15) is 9.40 Å². The normalized spacial score (nSPS) is 14.8. The molecule has 4 rings (SSSR count). The first-order chi connectivity index (χ1) is 16.2. The molecule has 0 radical (unpaired) electrons. The van der Waals surface area contributed by atoms with Gasteiger partial charge in [0, 0.05) is 34.9 Å². The summed E-state index contributed by atoms with van der Waals surface area (Å²) in [6.07, 6.45) is 5.59. The minimum Gasteiger partial charge on any atom is -0.319 e. The Morgan fingerprint density at radius 2 is 1.65 bits per heavy atom. The molecule has 0 spiro atoms. The van der Waals surface area contributed by atoms with E-state index in [1.807, 2.05) is 0 Å². The van der Waals surface area contributed by atoms with E-state index in [0.717, 1.165) is 19.3 Å². The minimum atomic E-state index is -3.86. The van der Waals surface area contributed by atoms with Crippen molar-refractivity contribution in [2.45, 2.75) is 30.7 Å². The van der Waals surface area contributed by atoms with E-state index in [9.17, 15) is 13.2 Å². The summed E-state index contributed by atoms with van der Waals surface area (Å²) in [7, 11) is -3.86. The molecule has 1 aromatic heterocycles. The van der Waals surface area contributed by atoms with E-state index >= 15 is 0 Å². The number of carbonyl (C=O) groups is 1. The summed E-state index contributed by atoms with van der Waals surface area (Å²) in [5, 5.41) is 7.92. The zero-order chi connectivity index (χ0) is 24.5. The number of nitrogens with zero attached hydrogens (tertiary/aromatic N) is 3. The molecule has 0 unspecified atom stereocenters. The van der Waals surface area contributed by atoms with Gasteiger partial charge in [0.25, 0.3) is 5.91 Å². The van der Waals surface area contributed by atoms with Crippen LogP contribution in [0.5, 0.6) is 0 Å². The lowest BCUT2D eigenvalue weighted by molar-refractivity contribution is 0.102. The molecule has 34 heavy (non-hydrogen) atoms. The third kappa shape index (κ3) is 5.37. The summed E-state index contributed by atoms with van der Waals surface area (Å²) < 4.78 is 29.2. The quantitative estimate of drug-likeness (QED) is 0.401. The monoisotopic (exact) mass is 560 g/mol. The summed E-state index contributed by atoms with van der Waals surface area (Å²) in [5.74, 6) is -0.591. The molecule has 3 aromatic rings. The van der Waals surface area contributed by atoms with Crippen molar-refractivity contribution in [1.29, 1.82) is 0 Å².